The molecule has 0 unspecified atom stereocenters. The molecular formula is C13H24ClN5. The zero-order chi connectivity index (χ0) is 14.1. The minimum Gasteiger partial charge on any atom is -0.354 e. The van der Waals surface area contributed by atoms with E-state index in [-0.39, 0.29) is 5.28 Å². The van der Waals surface area contributed by atoms with Crippen molar-refractivity contribution in [2.45, 2.75) is 45.4 Å². The lowest BCUT2D eigenvalue weighted by Gasteiger charge is -2.11. The van der Waals surface area contributed by atoms with Crippen LogP contribution in [0.15, 0.2) is 0 Å². The summed E-state index contributed by atoms with van der Waals surface area (Å²) < 4.78 is 0. The highest BCUT2D eigenvalue weighted by Gasteiger charge is 2.05. The van der Waals surface area contributed by atoms with E-state index >= 15 is 0 Å². The molecule has 0 saturated carbocycles. The van der Waals surface area contributed by atoms with E-state index in [1.165, 1.54) is 32.1 Å². The van der Waals surface area contributed by atoms with Gasteiger partial charge >= 0.3 is 0 Å². The lowest BCUT2D eigenvalue weighted by Crippen LogP contribution is -2.15. The molecule has 0 spiro atoms. The Hall–Kier alpha value is -1.10. The van der Waals surface area contributed by atoms with Gasteiger partial charge in [-0.15, -0.1) is 0 Å². The van der Waals surface area contributed by atoms with Gasteiger partial charge in [-0.3, -0.25) is 0 Å². The highest BCUT2D eigenvalue weighted by Crippen LogP contribution is 2.12. The molecule has 0 atom stereocenters. The highest BCUT2D eigenvalue weighted by atomic mass is 35.5. The van der Waals surface area contributed by atoms with Gasteiger partial charge in [0.25, 0.3) is 0 Å². The van der Waals surface area contributed by atoms with Crippen molar-refractivity contribution in [2.75, 3.05) is 30.9 Å². The first-order chi connectivity index (χ1) is 9.13. The molecule has 0 radical (unpaired) electrons. The number of unbranched alkanes of at least 4 members (excludes halogenated alkanes) is 5. The van der Waals surface area contributed by atoms with E-state index in [1.54, 1.807) is 0 Å². The summed E-state index contributed by atoms with van der Waals surface area (Å²) in [4.78, 5) is 14.2. The van der Waals surface area contributed by atoms with Gasteiger partial charge in [-0.2, -0.15) is 15.0 Å². The third-order valence-electron chi connectivity index (χ3n) is 2.81. The predicted octanol–water partition coefficient (Wildman–Crippen LogP) is 3.36. The van der Waals surface area contributed by atoms with Crippen LogP contribution >= 0.6 is 11.6 Å². The first-order valence-electron chi connectivity index (χ1n) is 6.96. The molecule has 1 aromatic rings. The van der Waals surface area contributed by atoms with Crippen LogP contribution in [0.5, 0.6) is 0 Å². The Morgan fingerprint density at radius 3 is 2.37 bits per heavy atom. The maximum Gasteiger partial charge on any atom is 0.230 e. The maximum atomic E-state index is 5.86. The van der Waals surface area contributed by atoms with Crippen LogP contribution in [0.2, 0.25) is 5.28 Å². The summed E-state index contributed by atoms with van der Waals surface area (Å²) in [6.07, 6.45) is 7.63. The summed E-state index contributed by atoms with van der Waals surface area (Å²) in [7, 11) is 3.76. The molecule has 0 aliphatic heterocycles. The summed E-state index contributed by atoms with van der Waals surface area (Å²) in [5, 5.41) is 3.42. The van der Waals surface area contributed by atoms with Crippen LogP contribution in [0, 0.1) is 0 Å². The molecule has 5 nitrogen and oxygen atoms in total. The fraction of sp³-hybridized carbons (Fsp3) is 0.769. The second-order valence-electron chi connectivity index (χ2n) is 4.82. The van der Waals surface area contributed by atoms with Crippen molar-refractivity contribution >= 4 is 23.5 Å². The number of aromatic nitrogens is 3. The van der Waals surface area contributed by atoms with Crippen molar-refractivity contribution in [1.82, 2.24) is 15.0 Å². The lowest BCUT2D eigenvalue weighted by molar-refractivity contribution is 0.616. The minimum absolute atomic E-state index is 0.226. The Kier molecular flexibility index (Phi) is 7.48. The molecule has 19 heavy (non-hydrogen) atoms. The quantitative estimate of drug-likeness (QED) is 0.705. The van der Waals surface area contributed by atoms with Crippen LogP contribution in [0.1, 0.15) is 45.4 Å². The van der Waals surface area contributed by atoms with E-state index in [9.17, 15) is 0 Å². The van der Waals surface area contributed by atoms with Crippen LogP contribution in [-0.4, -0.2) is 35.6 Å². The van der Waals surface area contributed by atoms with Gasteiger partial charge in [0, 0.05) is 20.6 Å². The van der Waals surface area contributed by atoms with Crippen molar-refractivity contribution in [3.8, 4) is 0 Å². The molecule has 0 bridgehead atoms. The smallest absolute Gasteiger partial charge is 0.230 e. The Bertz CT molecular complexity index is 370. The first kappa shape index (κ1) is 16.0. The van der Waals surface area contributed by atoms with E-state index in [4.69, 9.17) is 11.6 Å². The average molecular weight is 286 g/mol. The van der Waals surface area contributed by atoms with Crippen molar-refractivity contribution in [3.63, 3.8) is 0 Å². The molecule has 0 fully saturated rings. The highest BCUT2D eigenvalue weighted by molar-refractivity contribution is 6.28. The third kappa shape index (κ3) is 6.57. The van der Waals surface area contributed by atoms with Crippen LogP contribution in [-0.2, 0) is 0 Å². The number of nitrogens with one attached hydrogen (secondary N) is 1. The topological polar surface area (TPSA) is 53.9 Å². The number of halogens is 1. The molecule has 1 rings (SSSR count). The molecule has 1 aromatic heterocycles. The molecular weight excluding hydrogens is 262 g/mol. The summed E-state index contributed by atoms with van der Waals surface area (Å²) in [5.74, 6) is 1.13. The van der Waals surface area contributed by atoms with Crippen LogP contribution in [0.3, 0.4) is 0 Å². The lowest BCUT2D eigenvalue weighted by atomic mass is 10.1. The van der Waals surface area contributed by atoms with Crippen molar-refractivity contribution in [1.29, 1.82) is 0 Å². The number of anilines is 2. The van der Waals surface area contributed by atoms with Crippen LogP contribution in [0.25, 0.3) is 0 Å². The average Bonchev–Trinajstić information content (AvgIpc) is 2.37. The Labute approximate surface area is 120 Å². The van der Waals surface area contributed by atoms with Gasteiger partial charge in [-0.1, -0.05) is 39.0 Å². The Morgan fingerprint density at radius 1 is 1.00 bits per heavy atom. The van der Waals surface area contributed by atoms with Crippen molar-refractivity contribution in [2.24, 2.45) is 0 Å². The number of hydrogen-bond acceptors (Lipinski definition) is 5. The molecule has 0 aliphatic carbocycles. The SMILES string of the molecule is CCCCCCCCNc1nc(Cl)nc(N(C)C)n1. The fourth-order valence-electron chi connectivity index (χ4n) is 1.72. The molecule has 108 valence electrons. The molecule has 1 N–H and O–H groups in total. The maximum absolute atomic E-state index is 5.86. The van der Waals surface area contributed by atoms with E-state index in [2.05, 4.69) is 27.2 Å². The minimum atomic E-state index is 0.226. The zero-order valence-electron chi connectivity index (χ0n) is 12.1. The van der Waals surface area contributed by atoms with E-state index in [0.717, 1.165) is 13.0 Å². The van der Waals surface area contributed by atoms with Gasteiger partial charge in [0.2, 0.25) is 17.2 Å². The normalized spacial score (nSPS) is 10.5. The largest absolute Gasteiger partial charge is 0.354 e. The predicted molar refractivity (Wildman–Crippen MR) is 81.0 cm³/mol. The molecule has 0 aromatic carbocycles. The molecule has 1 heterocycles. The summed E-state index contributed by atoms with van der Waals surface area (Å²) in [6, 6.07) is 0. The van der Waals surface area contributed by atoms with E-state index in [0.29, 0.717) is 11.9 Å². The molecule has 0 aliphatic rings. The van der Waals surface area contributed by atoms with Gasteiger partial charge in [0.1, 0.15) is 0 Å². The standard InChI is InChI=1S/C13H24ClN5/c1-4-5-6-7-8-9-10-15-12-16-11(14)17-13(18-12)19(2)3/h4-10H2,1-3H3,(H,15,16,17,18). The number of rotatable bonds is 9. The van der Waals surface area contributed by atoms with Gasteiger partial charge in [0.15, 0.2) is 0 Å². The van der Waals surface area contributed by atoms with Gasteiger partial charge in [-0.05, 0) is 18.0 Å². The number of hydrogen-bond donors (Lipinski definition) is 1. The van der Waals surface area contributed by atoms with E-state index < -0.39 is 0 Å². The Morgan fingerprint density at radius 2 is 1.68 bits per heavy atom. The molecule has 0 amide bonds. The Balaban J connectivity index is 2.29. The summed E-state index contributed by atoms with van der Waals surface area (Å²) >= 11 is 5.86. The zero-order valence-corrected chi connectivity index (χ0v) is 12.9. The molecule has 0 saturated heterocycles. The van der Waals surface area contributed by atoms with Crippen LogP contribution < -0.4 is 10.2 Å². The summed E-state index contributed by atoms with van der Waals surface area (Å²) in [6.45, 7) is 3.10. The van der Waals surface area contributed by atoms with Gasteiger partial charge < -0.3 is 10.2 Å². The van der Waals surface area contributed by atoms with Crippen molar-refractivity contribution in [3.05, 3.63) is 5.28 Å². The second-order valence-corrected chi connectivity index (χ2v) is 5.16. The molecule has 6 heteroatoms. The summed E-state index contributed by atoms with van der Waals surface area (Å²) in [5.41, 5.74) is 0. The third-order valence-corrected chi connectivity index (χ3v) is 2.98. The number of nitrogens with zero attached hydrogens (tertiary/aromatic N) is 4. The van der Waals surface area contributed by atoms with Gasteiger partial charge in [0.05, 0.1) is 0 Å². The first-order valence-corrected chi connectivity index (χ1v) is 7.34. The van der Waals surface area contributed by atoms with Crippen LogP contribution in [0.4, 0.5) is 11.9 Å². The monoisotopic (exact) mass is 285 g/mol. The fourth-order valence-corrected chi connectivity index (χ4v) is 1.88. The second kappa shape index (κ2) is 8.91. The van der Waals surface area contributed by atoms with Crippen molar-refractivity contribution < 1.29 is 0 Å². The van der Waals surface area contributed by atoms with Gasteiger partial charge in [-0.25, -0.2) is 0 Å². The van der Waals surface area contributed by atoms with E-state index in [1.807, 2.05) is 19.0 Å².